The first-order valence-electron chi connectivity index (χ1n) is 6.22. The van der Waals surface area contributed by atoms with Crippen molar-refractivity contribution in [2.45, 2.75) is 20.0 Å². The zero-order valence-corrected chi connectivity index (χ0v) is 11.4. The van der Waals surface area contributed by atoms with Crippen molar-refractivity contribution in [1.29, 1.82) is 0 Å². The number of para-hydroxylation sites is 1. The second-order valence-corrected chi connectivity index (χ2v) is 4.42. The van der Waals surface area contributed by atoms with E-state index in [0.29, 0.717) is 17.1 Å². The molecule has 0 fully saturated rings. The second kappa shape index (κ2) is 5.76. The monoisotopic (exact) mass is 258 g/mol. The average molecular weight is 258 g/mol. The second-order valence-electron chi connectivity index (χ2n) is 4.42. The lowest BCUT2D eigenvalue weighted by molar-refractivity contribution is 0.190. The van der Waals surface area contributed by atoms with Crippen molar-refractivity contribution in [1.82, 2.24) is 0 Å². The lowest BCUT2D eigenvalue weighted by Crippen LogP contribution is -2.00. The number of ether oxygens (including phenoxy) is 2. The van der Waals surface area contributed by atoms with Gasteiger partial charge in [-0.25, -0.2) is 0 Å². The molecule has 0 aromatic heterocycles. The van der Waals surface area contributed by atoms with Crippen LogP contribution in [0, 0.1) is 6.92 Å². The van der Waals surface area contributed by atoms with E-state index in [1.165, 1.54) is 0 Å². The van der Waals surface area contributed by atoms with Crippen molar-refractivity contribution in [3.05, 3.63) is 53.6 Å². The predicted octanol–water partition coefficient (Wildman–Crippen LogP) is 3.85. The quantitative estimate of drug-likeness (QED) is 0.905. The molecule has 0 unspecified atom stereocenters. The molecule has 0 spiro atoms. The van der Waals surface area contributed by atoms with Crippen LogP contribution >= 0.6 is 0 Å². The van der Waals surface area contributed by atoms with E-state index in [2.05, 4.69) is 0 Å². The molecular weight excluding hydrogens is 240 g/mol. The highest BCUT2D eigenvalue weighted by molar-refractivity contribution is 5.48. The molecule has 1 atom stereocenters. The first-order valence-corrected chi connectivity index (χ1v) is 6.22. The van der Waals surface area contributed by atoms with Crippen molar-refractivity contribution < 1.29 is 14.6 Å². The zero-order chi connectivity index (χ0) is 13.8. The maximum absolute atomic E-state index is 9.90. The molecule has 3 heteroatoms. The van der Waals surface area contributed by atoms with Gasteiger partial charge in [0.25, 0.3) is 0 Å². The molecule has 0 amide bonds. The van der Waals surface area contributed by atoms with Crippen LogP contribution in [0.1, 0.15) is 24.2 Å². The van der Waals surface area contributed by atoms with Gasteiger partial charge in [-0.3, -0.25) is 0 Å². The number of aryl methyl sites for hydroxylation is 1. The highest BCUT2D eigenvalue weighted by Gasteiger charge is 2.16. The lowest BCUT2D eigenvalue weighted by atomic mass is 10.1. The standard InChI is InChI=1S/C16H18O3/c1-11-7-4-5-8-13(11)19-15-10-6-9-14(18-3)16(15)12(2)17/h4-10,12,17H,1-3H3/t12-/m1/s1. The number of aliphatic hydroxyl groups is 1. The first kappa shape index (κ1) is 13.4. The molecule has 1 N–H and O–H groups in total. The van der Waals surface area contributed by atoms with Crippen LogP contribution in [0.25, 0.3) is 0 Å². The summed E-state index contributed by atoms with van der Waals surface area (Å²) in [5.74, 6) is 2.02. The SMILES string of the molecule is COc1cccc(Oc2ccccc2C)c1[C@@H](C)O. The minimum atomic E-state index is -0.657. The lowest BCUT2D eigenvalue weighted by Gasteiger charge is -2.17. The maximum Gasteiger partial charge on any atom is 0.136 e. The van der Waals surface area contributed by atoms with Crippen LogP contribution in [-0.2, 0) is 0 Å². The molecule has 2 rings (SSSR count). The van der Waals surface area contributed by atoms with E-state index in [9.17, 15) is 5.11 Å². The molecule has 0 heterocycles. The summed E-state index contributed by atoms with van der Waals surface area (Å²) in [6.45, 7) is 3.68. The Balaban J connectivity index is 2.43. The molecule has 0 radical (unpaired) electrons. The van der Waals surface area contributed by atoms with E-state index in [1.54, 1.807) is 14.0 Å². The van der Waals surface area contributed by atoms with Crippen LogP contribution < -0.4 is 9.47 Å². The summed E-state index contributed by atoms with van der Waals surface area (Å²) < 4.78 is 11.2. The van der Waals surface area contributed by atoms with Gasteiger partial charge in [0, 0.05) is 0 Å². The highest BCUT2D eigenvalue weighted by Crippen LogP contribution is 2.37. The Bertz CT molecular complexity index is 562. The van der Waals surface area contributed by atoms with Gasteiger partial charge in [-0.1, -0.05) is 24.3 Å². The van der Waals surface area contributed by atoms with Gasteiger partial charge in [0.05, 0.1) is 18.8 Å². The van der Waals surface area contributed by atoms with Gasteiger partial charge >= 0.3 is 0 Å². The summed E-state index contributed by atoms with van der Waals surface area (Å²) in [4.78, 5) is 0. The fourth-order valence-corrected chi connectivity index (χ4v) is 1.99. The molecule has 19 heavy (non-hydrogen) atoms. The summed E-state index contributed by atoms with van der Waals surface area (Å²) in [7, 11) is 1.58. The van der Waals surface area contributed by atoms with Gasteiger partial charge in [-0.2, -0.15) is 0 Å². The fraction of sp³-hybridized carbons (Fsp3) is 0.250. The Morgan fingerprint density at radius 3 is 2.21 bits per heavy atom. The van der Waals surface area contributed by atoms with Crippen molar-refractivity contribution in [2.75, 3.05) is 7.11 Å². The van der Waals surface area contributed by atoms with Crippen molar-refractivity contribution >= 4 is 0 Å². The Morgan fingerprint density at radius 2 is 1.58 bits per heavy atom. The molecule has 2 aromatic rings. The van der Waals surface area contributed by atoms with Crippen LogP contribution in [0.2, 0.25) is 0 Å². The van der Waals surface area contributed by atoms with Crippen LogP contribution in [0.4, 0.5) is 0 Å². The third kappa shape index (κ3) is 2.88. The molecule has 100 valence electrons. The van der Waals surface area contributed by atoms with E-state index < -0.39 is 6.10 Å². The van der Waals surface area contributed by atoms with Gasteiger partial charge in [0.15, 0.2) is 0 Å². The smallest absolute Gasteiger partial charge is 0.136 e. The number of aliphatic hydroxyl groups excluding tert-OH is 1. The highest BCUT2D eigenvalue weighted by atomic mass is 16.5. The Hall–Kier alpha value is -2.00. The normalized spacial score (nSPS) is 12.0. The molecule has 0 aliphatic carbocycles. The van der Waals surface area contributed by atoms with E-state index in [4.69, 9.17) is 9.47 Å². The van der Waals surface area contributed by atoms with Crippen LogP contribution in [0.3, 0.4) is 0 Å². The van der Waals surface area contributed by atoms with Gasteiger partial charge < -0.3 is 14.6 Å². The van der Waals surface area contributed by atoms with Crippen molar-refractivity contribution in [3.8, 4) is 17.2 Å². The Kier molecular flexibility index (Phi) is 4.07. The minimum Gasteiger partial charge on any atom is -0.496 e. The van der Waals surface area contributed by atoms with Crippen LogP contribution in [-0.4, -0.2) is 12.2 Å². The van der Waals surface area contributed by atoms with Gasteiger partial charge in [0.2, 0.25) is 0 Å². The summed E-state index contributed by atoms with van der Waals surface area (Å²) in [5, 5.41) is 9.90. The Labute approximate surface area is 113 Å². The fourth-order valence-electron chi connectivity index (χ4n) is 1.99. The van der Waals surface area contributed by atoms with Gasteiger partial charge in [-0.05, 0) is 37.6 Å². The molecule has 2 aromatic carbocycles. The van der Waals surface area contributed by atoms with E-state index >= 15 is 0 Å². The van der Waals surface area contributed by atoms with E-state index in [-0.39, 0.29) is 0 Å². The van der Waals surface area contributed by atoms with E-state index in [0.717, 1.165) is 11.3 Å². The molecule has 0 bridgehead atoms. The predicted molar refractivity (Wildman–Crippen MR) is 74.9 cm³/mol. The van der Waals surface area contributed by atoms with Crippen molar-refractivity contribution in [3.63, 3.8) is 0 Å². The van der Waals surface area contributed by atoms with Crippen molar-refractivity contribution in [2.24, 2.45) is 0 Å². The van der Waals surface area contributed by atoms with Crippen LogP contribution in [0.15, 0.2) is 42.5 Å². The number of hydrogen-bond donors (Lipinski definition) is 1. The third-order valence-corrected chi connectivity index (χ3v) is 2.98. The van der Waals surface area contributed by atoms with E-state index in [1.807, 2.05) is 49.4 Å². The summed E-state index contributed by atoms with van der Waals surface area (Å²) in [6.07, 6.45) is -0.657. The molecular formula is C16H18O3. The molecule has 0 saturated heterocycles. The first-order chi connectivity index (χ1) is 9.13. The molecule has 3 nitrogen and oxygen atoms in total. The van der Waals surface area contributed by atoms with Crippen LogP contribution in [0.5, 0.6) is 17.2 Å². The molecule has 0 aliphatic heterocycles. The number of rotatable bonds is 4. The summed E-state index contributed by atoms with van der Waals surface area (Å²) >= 11 is 0. The number of methoxy groups -OCH3 is 1. The largest absolute Gasteiger partial charge is 0.496 e. The van der Waals surface area contributed by atoms with Gasteiger partial charge in [0.1, 0.15) is 17.2 Å². The number of hydrogen-bond acceptors (Lipinski definition) is 3. The third-order valence-electron chi connectivity index (χ3n) is 2.98. The molecule has 0 saturated carbocycles. The zero-order valence-electron chi connectivity index (χ0n) is 11.4. The minimum absolute atomic E-state index is 0.614. The van der Waals surface area contributed by atoms with Gasteiger partial charge in [-0.15, -0.1) is 0 Å². The summed E-state index contributed by atoms with van der Waals surface area (Å²) in [5.41, 5.74) is 1.70. The topological polar surface area (TPSA) is 38.7 Å². The average Bonchev–Trinajstić information content (AvgIpc) is 2.40. The number of benzene rings is 2. The summed E-state index contributed by atoms with van der Waals surface area (Å²) in [6, 6.07) is 13.3. The molecule has 0 aliphatic rings. The Morgan fingerprint density at radius 1 is 0.947 bits per heavy atom. The maximum atomic E-state index is 9.90.